The van der Waals surface area contributed by atoms with Crippen molar-refractivity contribution in [1.82, 2.24) is 4.98 Å². The Morgan fingerprint density at radius 1 is 1.42 bits per heavy atom. The van der Waals surface area contributed by atoms with E-state index in [1.165, 1.54) is 11.3 Å². The highest BCUT2D eigenvalue weighted by Crippen LogP contribution is 2.14. The lowest BCUT2D eigenvalue weighted by atomic mass is 10.2. The summed E-state index contributed by atoms with van der Waals surface area (Å²) >= 11 is 1.32. The van der Waals surface area contributed by atoms with Gasteiger partial charge in [-0.1, -0.05) is 12.1 Å². The molecule has 0 spiro atoms. The number of hydrogen-bond acceptors (Lipinski definition) is 5. The molecule has 6 nitrogen and oxygen atoms in total. The highest BCUT2D eigenvalue weighted by atomic mass is 32.2. The topological polar surface area (TPSA) is 102 Å². The van der Waals surface area contributed by atoms with Gasteiger partial charge in [0.2, 0.25) is 10.0 Å². The number of amides is 1. The van der Waals surface area contributed by atoms with Crippen LogP contribution < -0.4 is 10.5 Å². The molecule has 0 saturated carbocycles. The van der Waals surface area contributed by atoms with E-state index < -0.39 is 10.0 Å². The van der Waals surface area contributed by atoms with Gasteiger partial charge in [0.05, 0.1) is 11.3 Å². The van der Waals surface area contributed by atoms with E-state index >= 15 is 0 Å². The highest BCUT2D eigenvalue weighted by Gasteiger charge is 2.09. The number of nitrogens with two attached hydrogens (primary N) is 1. The standard InChI is InChI=1S/C11H11N3O3S2/c12-19(16,17)6-8-2-1-3-9(4-8)14-11(15)10-5-18-7-13-10/h1-5,7H,6H2,(H,14,15)(H2,12,16,17). The summed E-state index contributed by atoms with van der Waals surface area (Å²) in [5, 5.41) is 9.24. The number of benzene rings is 1. The maximum atomic E-state index is 11.8. The molecule has 0 fully saturated rings. The Balaban J connectivity index is 2.13. The smallest absolute Gasteiger partial charge is 0.275 e. The van der Waals surface area contributed by atoms with Crippen molar-refractivity contribution < 1.29 is 13.2 Å². The zero-order valence-electron chi connectivity index (χ0n) is 9.74. The normalized spacial score (nSPS) is 11.2. The van der Waals surface area contributed by atoms with Crippen LogP contribution in [0.2, 0.25) is 0 Å². The first kappa shape index (κ1) is 13.7. The zero-order valence-corrected chi connectivity index (χ0v) is 11.4. The predicted octanol–water partition coefficient (Wildman–Crippen LogP) is 1.18. The summed E-state index contributed by atoms with van der Waals surface area (Å²) in [6.45, 7) is 0. The van der Waals surface area contributed by atoms with Gasteiger partial charge in [0.15, 0.2) is 0 Å². The molecule has 0 unspecified atom stereocenters. The van der Waals surface area contributed by atoms with Crippen molar-refractivity contribution in [2.45, 2.75) is 5.75 Å². The first-order valence-electron chi connectivity index (χ1n) is 5.23. The van der Waals surface area contributed by atoms with Crippen LogP contribution in [0.1, 0.15) is 16.1 Å². The van der Waals surface area contributed by atoms with E-state index in [1.54, 1.807) is 35.2 Å². The molecule has 0 aliphatic carbocycles. The highest BCUT2D eigenvalue weighted by molar-refractivity contribution is 7.88. The van der Waals surface area contributed by atoms with Crippen molar-refractivity contribution in [3.63, 3.8) is 0 Å². The largest absolute Gasteiger partial charge is 0.321 e. The summed E-state index contributed by atoms with van der Waals surface area (Å²) in [6.07, 6.45) is 0. The predicted molar refractivity (Wildman–Crippen MR) is 73.3 cm³/mol. The molecule has 1 heterocycles. The van der Waals surface area contributed by atoms with Gasteiger partial charge < -0.3 is 5.32 Å². The average molecular weight is 297 g/mol. The lowest BCUT2D eigenvalue weighted by Gasteiger charge is -2.05. The molecule has 2 aromatic rings. The third kappa shape index (κ3) is 4.12. The van der Waals surface area contributed by atoms with Gasteiger partial charge in [0, 0.05) is 11.1 Å². The van der Waals surface area contributed by atoms with Crippen LogP contribution >= 0.6 is 11.3 Å². The quantitative estimate of drug-likeness (QED) is 0.884. The summed E-state index contributed by atoms with van der Waals surface area (Å²) in [4.78, 5) is 15.6. The Labute approximate surface area is 114 Å². The van der Waals surface area contributed by atoms with Crippen LogP contribution in [0.5, 0.6) is 0 Å². The minimum absolute atomic E-state index is 0.270. The van der Waals surface area contributed by atoms with Crippen LogP contribution in [0.4, 0.5) is 5.69 Å². The fraction of sp³-hybridized carbons (Fsp3) is 0.0909. The number of rotatable bonds is 4. The number of carbonyl (C=O) groups is 1. The number of sulfonamides is 1. The van der Waals surface area contributed by atoms with Crippen LogP contribution in [0.15, 0.2) is 35.2 Å². The molecule has 0 aliphatic rings. The molecule has 2 rings (SSSR count). The van der Waals surface area contributed by atoms with E-state index in [0.29, 0.717) is 16.9 Å². The van der Waals surface area contributed by atoms with Gasteiger partial charge in [0.1, 0.15) is 5.69 Å². The lowest BCUT2D eigenvalue weighted by Crippen LogP contribution is -2.15. The molecule has 19 heavy (non-hydrogen) atoms. The molecular formula is C11H11N3O3S2. The van der Waals surface area contributed by atoms with Crippen molar-refractivity contribution >= 4 is 33.0 Å². The summed E-state index contributed by atoms with van der Waals surface area (Å²) in [6, 6.07) is 6.51. The molecule has 1 aromatic heterocycles. The molecule has 100 valence electrons. The Bertz CT molecular complexity index is 681. The molecule has 1 aromatic carbocycles. The van der Waals surface area contributed by atoms with E-state index in [0.717, 1.165) is 0 Å². The van der Waals surface area contributed by atoms with Gasteiger partial charge in [-0.15, -0.1) is 11.3 Å². The molecule has 0 atom stereocenters. The Kier molecular flexibility index (Phi) is 3.93. The Morgan fingerprint density at radius 3 is 2.84 bits per heavy atom. The number of nitrogens with one attached hydrogen (secondary N) is 1. The van der Waals surface area contributed by atoms with Crippen LogP contribution in [-0.4, -0.2) is 19.3 Å². The first-order valence-corrected chi connectivity index (χ1v) is 7.89. The van der Waals surface area contributed by atoms with Crippen molar-refractivity contribution in [3.05, 3.63) is 46.4 Å². The summed E-state index contributed by atoms with van der Waals surface area (Å²) in [7, 11) is -3.59. The third-order valence-electron chi connectivity index (χ3n) is 2.22. The number of primary sulfonamides is 1. The fourth-order valence-corrected chi connectivity index (χ4v) is 2.67. The van der Waals surface area contributed by atoms with Gasteiger partial charge in [-0.2, -0.15) is 0 Å². The van der Waals surface area contributed by atoms with Crippen molar-refractivity contribution in [2.24, 2.45) is 5.14 Å². The van der Waals surface area contributed by atoms with Gasteiger partial charge >= 0.3 is 0 Å². The second-order valence-electron chi connectivity index (χ2n) is 3.84. The van der Waals surface area contributed by atoms with Crippen LogP contribution in [0, 0.1) is 0 Å². The number of thiazole rings is 1. The van der Waals surface area contributed by atoms with Gasteiger partial charge in [-0.05, 0) is 17.7 Å². The molecule has 0 aliphatic heterocycles. The summed E-state index contributed by atoms with van der Waals surface area (Å²) < 4.78 is 22.0. The molecule has 0 saturated heterocycles. The van der Waals surface area contributed by atoms with E-state index in [1.807, 2.05) is 0 Å². The maximum Gasteiger partial charge on any atom is 0.275 e. The molecule has 0 bridgehead atoms. The van der Waals surface area contributed by atoms with Crippen molar-refractivity contribution in [2.75, 3.05) is 5.32 Å². The Morgan fingerprint density at radius 2 is 2.21 bits per heavy atom. The second kappa shape index (κ2) is 5.47. The number of nitrogens with zero attached hydrogens (tertiary/aromatic N) is 1. The molecular weight excluding hydrogens is 286 g/mol. The van der Waals surface area contributed by atoms with Gasteiger partial charge in [-0.3, -0.25) is 4.79 Å². The second-order valence-corrected chi connectivity index (χ2v) is 6.17. The van der Waals surface area contributed by atoms with E-state index in [-0.39, 0.29) is 11.7 Å². The summed E-state index contributed by atoms with van der Waals surface area (Å²) in [5.41, 5.74) is 2.89. The Hall–Kier alpha value is -1.77. The molecule has 0 radical (unpaired) electrons. The van der Waals surface area contributed by atoms with E-state index in [9.17, 15) is 13.2 Å². The number of aromatic nitrogens is 1. The monoisotopic (exact) mass is 297 g/mol. The average Bonchev–Trinajstić information content (AvgIpc) is 2.80. The van der Waals surface area contributed by atoms with Crippen molar-refractivity contribution in [1.29, 1.82) is 0 Å². The SMILES string of the molecule is NS(=O)(=O)Cc1cccc(NC(=O)c2cscn2)c1. The van der Waals surface area contributed by atoms with Crippen LogP contribution in [-0.2, 0) is 15.8 Å². The third-order valence-corrected chi connectivity index (χ3v) is 3.54. The van der Waals surface area contributed by atoms with E-state index in [2.05, 4.69) is 10.3 Å². The minimum Gasteiger partial charge on any atom is -0.321 e. The molecule has 8 heteroatoms. The van der Waals surface area contributed by atoms with Gasteiger partial charge in [-0.25, -0.2) is 18.5 Å². The summed E-state index contributed by atoms with van der Waals surface area (Å²) in [5.74, 6) is -0.609. The van der Waals surface area contributed by atoms with Crippen LogP contribution in [0.3, 0.4) is 0 Å². The van der Waals surface area contributed by atoms with Gasteiger partial charge in [0.25, 0.3) is 5.91 Å². The van der Waals surface area contributed by atoms with Crippen LogP contribution in [0.25, 0.3) is 0 Å². The maximum absolute atomic E-state index is 11.8. The first-order chi connectivity index (χ1) is 8.94. The number of hydrogen-bond donors (Lipinski definition) is 2. The molecule has 1 amide bonds. The zero-order chi connectivity index (χ0) is 13.9. The van der Waals surface area contributed by atoms with Crippen molar-refractivity contribution in [3.8, 4) is 0 Å². The molecule has 3 N–H and O–H groups in total. The minimum atomic E-state index is -3.59. The lowest BCUT2D eigenvalue weighted by molar-refractivity contribution is 0.102. The number of carbonyl (C=O) groups excluding carboxylic acids is 1. The number of anilines is 1. The van der Waals surface area contributed by atoms with E-state index in [4.69, 9.17) is 5.14 Å². The fourth-order valence-electron chi connectivity index (χ4n) is 1.49.